The lowest BCUT2D eigenvalue weighted by Crippen LogP contribution is -2.49. The summed E-state index contributed by atoms with van der Waals surface area (Å²) in [5.74, 6) is 0.483. The van der Waals surface area contributed by atoms with E-state index in [1.165, 1.54) is 0 Å². The molecule has 0 bridgehead atoms. The van der Waals surface area contributed by atoms with Gasteiger partial charge in [-0.1, -0.05) is 23.7 Å². The van der Waals surface area contributed by atoms with Crippen LogP contribution < -0.4 is 5.32 Å². The first-order valence-electron chi connectivity index (χ1n) is 9.59. The van der Waals surface area contributed by atoms with Gasteiger partial charge in [-0.05, 0) is 49.9 Å². The van der Waals surface area contributed by atoms with Crippen LogP contribution in [0.3, 0.4) is 0 Å². The Morgan fingerprint density at radius 3 is 2.62 bits per heavy atom. The van der Waals surface area contributed by atoms with E-state index in [1.807, 2.05) is 34.1 Å². The number of nitrogens with zero attached hydrogens (tertiary/aromatic N) is 2. The van der Waals surface area contributed by atoms with Crippen LogP contribution in [0.4, 0.5) is 0 Å². The van der Waals surface area contributed by atoms with Crippen LogP contribution in [0.25, 0.3) is 0 Å². The van der Waals surface area contributed by atoms with Crippen LogP contribution in [0.5, 0.6) is 0 Å². The lowest BCUT2D eigenvalue weighted by atomic mass is 9.77. The number of hydrogen-bond donors (Lipinski definition) is 1. The zero-order chi connectivity index (χ0) is 18.1. The topological polar surface area (TPSA) is 52.7 Å². The van der Waals surface area contributed by atoms with Crippen molar-refractivity contribution < 1.29 is 9.59 Å². The molecule has 140 valence electrons. The molecule has 4 rings (SSSR count). The molecule has 2 amide bonds. The SMILES string of the molecule is O=C1CC2(CCN(C(=O)[C@@H]3CCCN3)CC2)CN1Cc1ccc(Cl)cc1. The minimum absolute atomic E-state index is 0.00987. The summed E-state index contributed by atoms with van der Waals surface area (Å²) in [6.45, 7) is 3.95. The zero-order valence-corrected chi connectivity index (χ0v) is 15.8. The van der Waals surface area contributed by atoms with E-state index in [9.17, 15) is 9.59 Å². The number of halogens is 1. The van der Waals surface area contributed by atoms with Gasteiger partial charge in [0.05, 0.1) is 6.04 Å². The summed E-state index contributed by atoms with van der Waals surface area (Å²) in [5, 5.41) is 4.01. The van der Waals surface area contributed by atoms with Crippen molar-refractivity contribution in [2.75, 3.05) is 26.2 Å². The quantitative estimate of drug-likeness (QED) is 0.882. The first-order chi connectivity index (χ1) is 12.5. The second kappa shape index (κ2) is 7.20. The number of nitrogens with one attached hydrogen (secondary N) is 1. The third-order valence-electron chi connectivity index (χ3n) is 6.19. The van der Waals surface area contributed by atoms with Crippen molar-refractivity contribution in [3.63, 3.8) is 0 Å². The molecular formula is C20H26ClN3O2. The highest BCUT2D eigenvalue weighted by molar-refractivity contribution is 6.30. The van der Waals surface area contributed by atoms with E-state index in [0.29, 0.717) is 18.0 Å². The molecule has 3 aliphatic rings. The van der Waals surface area contributed by atoms with Gasteiger partial charge in [0.2, 0.25) is 11.8 Å². The highest BCUT2D eigenvalue weighted by Gasteiger charge is 2.45. The summed E-state index contributed by atoms with van der Waals surface area (Å²) in [7, 11) is 0. The number of likely N-dealkylation sites (tertiary alicyclic amines) is 2. The Kier molecular flexibility index (Phi) is 4.93. The summed E-state index contributed by atoms with van der Waals surface area (Å²) >= 11 is 5.94. The summed E-state index contributed by atoms with van der Waals surface area (Å²) in [6.07, 6.45) is 4.50. The van der Waals surface area contributed by atoms with Crippen LogP contribution in [-0.4, -0.2) is 53.8 Å². The van der Waals surface area contributed by atoms with Crippen LogP contribution in [0.15, 0.2) is 24.3 Å². The molecule has 0 radical (unpaired) electrons. The third-order valence-corrected chi connectivity index (χ3v) is 6.44. The molecular weight excluding hydrogens is 350 g/mol. The fourth-order valence-electron chi connectivity index (χ4n) is 4.59. The standard InChI is InChI=1S/C20H26ClN3O2/c21-16-5-3-15(4-6-16)13-24-14-20(12-18(24)25)7-10-23(11-8-20)19(26)17-2-1-9-22-17/h3-6,17,22H,1-2,7-14H2/t17-/m0/s1. The van der Waals surface area contributed by atoms with Gasteiger partial charge >= 0.3 is 0 Å². The maximum absolute atomic E-state index is 12.6. The molecule has 1 aromatic rings. The molecule has 3 heterocycles. The molecule has 0 aliphatic carbocycles. The molecule has 1 spiro atoms. The average molecular weight is 376 g/mol. The molecule has 3 fully saturated rings. The Morgan fingerprint density at radius 2 is 1.96 bits per heavy atom. The van der Waals surface area contributed by atoms with Gasteiger partial charge in [-0.15, -0.1) is 0 Å². The van der Waals surface area contributed by atoms with Gasteiger partial charge in [-0.2, -0.15) is 0 Å². The maximum atomic E-state index is 12.6. The summed E-state index contributed by atoms with van der Waals surface area (Å²) < 4.78 is 0. The van der Waals surface area contributed by atoms with Gasteiger partial charge in [0.1, 0.15) is 0 Å². The molecule has 26 heavy (non-hydrogen) atoms. The Morgan fingerprint density at radius 1 is 1.23 bits per heavy atom. The average Bonchev–Trinajstić information content (AvgIpc) is 3.26. The lowest BCUT2D eigenvalue weighted by molar-refractivity contribution is -0.135. The lowest BCUT2D eigenvalue weighted by Gasteiger charge is -2.39. The van der Waals surface area contributed by atoms with Crippen molar-refractivity contribution in [3.8, 4) is 0 Å². The number of carbonyl (C=O) groups is 2. The highest BCUT2D eigenvalue weighted by Crippen LogP contribution is 2.41. The highest BCUT2D eigenvalue weighted by atomic mass is 35.5. The molecule has 1 aromatic carbocycles. The summed E-state index contributed by atoms with van der Waals surface area (Å²) in [4.78, 5) is 29.1. The molecule has 0 unspecified atom stereocenters. The Hall–Kier alpha value is -1.59. The van der Waals surface area contributed by atoms with Crippen LogP contribution in [0.2, 0.25) is 5.02 Å². The number of hydrogen-bond acceptors (Lipinski definition) is 3. The van der Waals surface area contributed by atoms with E-state index < -0.39 is 0 Å². The molecule has 6 heteroatoms. The van der Waals surface area contributed by atoms with Gasteiger partial charge < -0.3 is 15.1 Å². The predicted molar refractivity (Wildman–Crippen MR) is 101 cm³/mol. The van der Waals surface area contributed by atoms with Crippen molar-refractivity contribution in [1.29, 1.82) is 0 Å². The van der Waals surface area contributed by atoms with Crippen LogP contribution in [0, 0.1) is 5.41 Å². The number of benzene rings is 1. The minimum atomic E-state index is 0.00987. The van der Waals surface area contributed by atoms with Crippen molar-refractivity contribution in [2.45, 2.75) is 44.7 Å². The molecule has 1 atom stereocenters. The predicted octanol–water partition coefficient (Wildman–Crippen LogP) is 2.43. The van der Waals surface area contributed by atoms with E-state index in [1.54, 1.807) is 0 Å². The van der Waals surface area contributed by atoms with Crippen LogP contribution in [0.1, 0.15) is 37.7 Å². The fourth-order valence-corrected chi connectivity index (χ4v) is 4.71. The monoisotopic (exact) mass is 375 g/mol. The van der Waals surface area contributed by atoms with Gasteiger partial charge in [-0.3, -0.25) is 9.59 Å². The van der Waals surface area contributed by atoms with E-state index >= 15 is 0 Å². The Bertz CT molecular complexity index is 677. The number of piperidine rings is 1. The van der Waals surface area contributed by atoms with Crippen molar-refractivity contribution >= 4 is 23.4 Å². The third kappa shape index (κ3) is 3.60. The summed E-state index contributed by atoms with van der Waals surface area (Å²) in [5.41, 5.74) is 1.16. The molecule has 0 saturated carbocycles. The number of amides is 2. The van der Waals surface area contributed by atoms with Gasteiger partial charge in [0.15, 0.2) is 0 Å². The molecule has 3 saturated heterocycles. The van der Waals surface area contributed by atoms with E-state index in [-0.39, 0.29) is 23.3 Å². The normalized spacial score (nSPS) is 25.3. The molecule has 5 nitrogen and oxygen atoms in total. The van der Waals surface area contributed by atoms with Crippen LogP contribution >= 0.6 is 11.6 Å². The Labute approximate surface area is 159 Å². The van der Waals surface area contributed by atoms with E-state index in [4.69, 9.17) is 11.6 Å². The Balaban J connectivity index is 1.34. The number of carbonyl (C=O) groups excluding carboxylic acids is 2. The fraction of sp³-hybridized carbons (Fsp3) is 0.600. The zero-order valence-electron chi connectivity index (χ0n) is 15.0. The smallest absolute Gasteiger partial charge is 0.239 e. The minimum Gasteiger partial charge on any atom is -0.341 e. The maximum Gasteiger partial charge on any atom is 0.239 e. The molecule has 3 aliphatic heterocycles. The molecule has 1 N–H and O–H groups in total. The van der Waals surface area contributed by atoms with E-state index in [2.05, 4.69) is 5.32 Å². The van der Waals surface area contributed by atoms with Gasteiger partial charge in [0, 0.05) is 43.0 Å². The first kappa shape index (κ1) is 17.8. The second-order valence-electron chi connectivity index (χ2n) is 8.03. The van der Waals surface area contributed by atoms with Crippen molar-refractivity contribution in [2.24, 2.45) is 5.41 Å². The van der Waals surface area contributed by atoms with Crippen molar-refractivity contribution in [1.82, 2.24) is 15.1 Å². The second-order valence-corrected chi connectivity index (χ2v) is 8.46. The van der Waals surface area contributed by atoms with Crippen LogP contribution in [-0.2, 0) is 16.1 Å². The largest absolute Gasteiger partial charge is 0.341 e. The van der Waals surface area contributed by atoms with E-state index in [0.717, 1.165) is 57.4 Å². The summed E-state index contributed by atoms with van der Waals surface area (Å²) in [6, 6.07) is 7.71. The van der Waals surface area contributed by atoms with Crippen molar-refractivity contribution in [3.05, 3.63) is 34.9 Å². The van der Waals surface area contributed by atoms with Gasteiger partial charge in [-0.25, -0.2) is 0 Å². The number of rotatable bonds is 3. The first-order valence-corrected chi connectivity index (χ1v) is 9.97. The van der Waals surface area contributed by atoms with Gasteiger partial charge in [0.25, 0.3) is 0 Å². The molecule has 0 aromatic heterocycles.